The minimum absolute atomic E-state index is 0.102. The summed E-state index contributed by atoms with van der Waals surface area (Å²) in [5, 5.41) is 1.05. The van der Waals surface area contributed by atoms with Crippen LogP contribution in [0.1, 0.15) is 5.56 Å². The number of aromatic amines is 1. The van der Waals surface area contributed by atoms with Crippen LogP contribution in [-0.4, -0.2) is 9.97 Å². The molecular formula is C25H16Cl2F2N3+. The lowest BCUT2D eigenvalue weighted by Crippen LogP contribution is -2.33. The summed E-state index contributed by atoms with van der Waals surface area (Å²) in [6, 6.07) is 19.6. The molecule has 7 heteroatoms. The van der Waals surface area contributed by atoms with Crippen LogP contribution >= 0.6 is 23.2 Å². The minimum atomic E-state index is -0.915. The van der Waals surface area contributed by atoms with Gasteiger partial charge >= 0.3 is 0 Å². The molecule has 0 bridgehead atoms. The summed E-state index contributed by atoms with van der Waals surface area (Å²) in [7, 11) is 0. The maximum atomic E-state index is 14.1. The van der Waals surface area contributed by atoms with E-state index in [0.29, 0.717) is 27.9 Å². The molecule has 0 saturated carbocycles. The van der Waals surface area contributed by atoms with Crippen LogP contribution in [0.5, 0.6) is 0 Å². The Morgan fingerprint density at radius 2 is 1.66 bits per heavy atom. The van der Waals surface area contributed by atoms with Gasteiger partial charge < -0.3 is 4.98 Å². The lowest BCUT2D eigenvalue weighted by molar-refractivity contribution is -0.687. The van der Waals surface area contributed by atoms with Gasteiger partial charge in [0.15, 0.2) is 30.6 Å². The fraction of sp³-hybridized carbons (Fsp3) is 0.0400. The van der Waals surface area contributed by atoms with Gasteiger partial charge in [-0.2, -0.15) is 4.57 Å². The average molecular weight is 467 g/mol. The Morgan fingerprint density at radius 1 is 0.875 bits per heavy atom. The van der Waals surface area contributed by atoms with Gasteiger partial charge in [-0.25, -0.2) is 13.8 Å². The average Bonchev–Trinajstić information content (AvgIpc) is 3.21. The molecule has 2 aromatic heterocycles. The fourth-order valence-electron chi connectivity index (χ4n) is 3.60. The molecule has 0 unspecified atom stereocenters. The number of H-pyrrole nitrogens is 1. The van der Waals surface area contributed by atoms with E-state index in [9.17, 15) is 8.78 Å². The third-order valence-corrected chi connectivity index (χ3v) is 6.00. The van der Waals surface area contributed by atoms with Gasteiger partial charge in [0.2, 0.25) is 0 Å². The fourth-order valence-corrected chi connectivity index (χ4v) is 3.90. The number of rotatable bonds is 4. The first kappa shape index (κ1) is 20.6. The smallest absolute Gasteiger partial charge is 0.195 e. The monoisotopic (exact) mass is 466 g/mol. The molecule has 0 aliphatic carbocycles. The van der Waals surface area contributed by atoms with Gasteiger partial charge in [0.1, 0.15) is 16.9 Å². The van der Waals surface area contributed by atoms with E-state index in [0.717, 1.165) is 28.3 Å². The van der Waals surface area contributed by atoms with Crippen LogP contribution in [0.2, 0.25) is 10.0 Å². The molecule has 32 heavy (non-hydrogen) atoms. The highest BCUT2D eigenvalue weighted by Gasteiger charge is 2.15. The normalized spacial score (nSPS) is 11.2. The number of halogens is 4. The van der Waals surface area contributed by atoms with E-state index in [1.807, 2.05) is 47.3 Å². The number of benzene rings is 3. The highest BCUT2D eigenvalue weighted by Crippen LogP contribution is 2.29. The maximum absolute atomic E-state index is 14.1. The molecule has 0 amide bonds. The van der Waals surface area contributed by atoms with Crippen LogP contribution in [-0.2, 0) is 6.54 Å². The summed E-state index contributed by atoms with van der Waals surface area (Å²) < 4.78 is 29.7. The number of imidazole rings is 1. The van der Waals surface area contributed by atoms with Gasteiger partial charge in [0, 0.05) is 11.6 Å². The zero-order valence-corrected chi connectivity index (χ0v) is 18.1. The summed E-state index contributed by atoms with van der Waals surface area (Å²) in [4.78, 5) is 7.48. The quantitative estimate of drug-likeness (QED) is 0.289. The number of nitrogens with zero attached hydrogens (tertiary/aromatic N) is 2. The standard InChI is InChI=1S/C25H15Cl2F2N3/c26-19-9-8-17(12-20(19)27)16-6-4-15(5-7-16)13-32-11-10-22-23(14-32)31-25(30-22)18-2-1-3-21(28)24(18)29/h1-12,14H,13H2/p+1. The molecule has 3 aromatic carbocycles. The molecule has 0 radical (unpaired) electrons. The molecule has 0 fully saturated rings. The molecular weight excluding hydrogens is 451 g/mol. The predicted octanol–water partition coefficient (Wildman–Crippen LogP) is 6.82. The van der Waals surface area contributed by atoms with E-state index in [4.69, 9.17) is 23.2 Å². The van der Waals surface area contributed by atoms with E-state index < -0.39 is 11.6 Å². The first-order chi connectivity index (χ1) is 15.5. The number of hydrogen-bond donors (Lipinski definition) is 1. The Kier molecular flexibility index (Phi) is 5.37. The molecule has 0 spiro atoms. The van der Waals surface area contributed by atoms with Crippen molar-refractivity contribution < 1.29 is 13.3 Å². The van der Waals surface area contributed by atoms with Crippen LogP contribution in [0, 0.1) is 11.6 Å². The van der Waals surface area contributed by atoms with Crippen molar-refractivity contribution in [3.8, 4) is 22.5 Å². The third-order valence-electron chi connectivity index (χ3n) is 5.26. The summed E-state index contributed by atoms with van der Waals surface area (Å²) >= 11 is 12.1. The molecule has 0 aliphatic heterocycles. The van der Waals surface area contributed by atoms with E-state index >= 15 is 0 Å². The van der Waals surface area contributed by atoms with Crippen molar-refractivity contribution in [2.45, 2.75) is 6.54 Å². The second kappa shape index (κ2) is 8.34. The van der Waals surface area contributed by atoms with Crippen LogP contribution in [0.25, 0.3) is 33.5 Å². The van der Waals surface area contributed by atoms with Crippen molar-refractivity contribution in [3.63, 3.8) is 0 Å². The Labute approximate surface area is 192 Å². The van der Waals surface area contributed by atoms with Crippen LogP contribution in [0.3, 0.4) is 0 Å². The van der Waals surface area contributed by atoms with E-state index in [-0.39, 0.29) is 5.56 Å². The summed E-state index contributed by atoms with van der Waals surface area (Å²) in [6.45, 7) is 0.639. The first-order valence-corrected chi connectivity index (χ1v) is 10.6. The van der Waals surface area contributed by atoms with Crippen molar-refractivity contribution in [1.82, 2.24) is 9.97 Å². The zero-order valence-electron chi connectivity index (χ0n) is 16.6. The summed E-state index contributed by atoms with van der Waals surface area (Å²) in [6.07, 6.45) is 3.80. The number of aromatic nitrogens is 3. The van der Waals surface area contributed by atoms with Crippen molar-refractivity contribution in [2.75, 3.05) is 0 Å². The number of nitrogens with one attached hydrogen (secondary N) is 1. The second-order valence-electron chi connectivity index (χ2n) is 7.43. The Bertz CT molecular complexity index is 1450. The van der Waals surface area contributed by atoms with Gasteiger partial charge in [-0.05, 0) is 35.4 Å². The van der Waals surface area contributed by atoms with E-state index in [1.165, 1.54) is 12.1 Å². The summed E-state index contributed by atoms with van der Waals surface area (Å²) in [5.41, 5.74) is 4.66. The molecule has 0 saturated heterocycles. The SMILES string of the molecule is Fc1cccc(-c2nc3cc[n+](Cc4ccc(-c5ccc(Cl)c(Cl)c5)cc4)cc3[nH]2)c1F. The number of pyridine rings is 1. The minimum Gasteiger partial charge on any atom is -0.333 e. The van der Waals surface area contributed by atoms with Crippen LogP contribution < -0.4 is 4.57 Å². The van der Waals surface area contributed by atoms with Gasteiger partial charge in [-0.1, -0.05) is 59.6 Å². The predicted molar refractivity (Wildman–Crippen MR) is 123 cm³/mol. The first-order valence-electron chi connectivity index (χ1n) is 9.85. The number of fused-ring (bicyclic) bond motifs is 1. The molecule has 0 atom stereocenters. The van der Waals surface area contributed by atoms with Crippen molar-refractivity contribution >= 4 is 34.2 Å². The highest BCUT2D eigenvalue weighted by atomic mass is 35.5. The summed E-state index contributed by atoms with van der Waals surface area (Å²) in [5.74, 6) is -1.52. The molecule has 0 aliphatic rings. The Morgan fingerprint density at radius 3 is 2.44 bits per heavy atom. The molecule has 3 nitrogen and oxygen atoms in total. The van der Waals surface area contributed by atoms with Gasteiger partial charge in [-0.15, -0.1) is 0 Å². The van der Waals surface area contributed by atoms with Gasteiger partial charge in [0.05, 0.1) is 15.6 Å². The second-order valence-corrected chi connectivity index (χ2v) is 8.24. The zero-order chi connectivity index (χ0) is 22.2. The lowest BCUT2D eigenvalue weighted by Gasteiger charge is -2.05. The van der Waals surface area contributed by atoms with Crippen LogP contribution in [0.4, 0.5) is 8.78 Å². The van der Waals surface area contributed by atoms with E-state index in [2.05, 4.69) is 22.1 Å². The number of hydrogen-bond acceptors (Lipinski definition) is 1. The van der Waals surface area contributed by atoms with Crippen molar-refractivity contribution in [3.05, 3.63) is 106 Å². The highest BCUT2D eigenvalue weighted by molar-refractivity contribution is 6.42. The Hall–Kier alpha value is -3.28. The third kappa shape index (κ3) is 3.97. The molecule has 2 heterocycles. The molecule has 5 aromatic rings. The van der Waals surface area contributed by atoms with E-state index in [1.54, 1.807) is 6.07 Å². The van der Waals surface area contributed by atoms with Gasteiger partial charge in [0.25, 0.3) is 0 Å². The molecule has 1 N–H and O–H groups in total. The Balaban J connectivity index is 1.39. The molecule has 158 valence electrons. The maximum Gasteiger partial charge on any atom is 0.195 e. The van der Waals surface area contributed by atoms with Crippen molar-refractivity contribution in [2.24, 2.45) is 0 Å². The van der Waals surface area contributed by atoms with Crippen LogP contribution in [0.15, 0.2) is 79.1 Å². The topological polar surface area (TPSA) is 32.6 Å². The van der Waals surface area contributed by atoms with Gasteiger partial charge in [-0.3, -0.25) is 0 Å². The van der Waals surface area contributed by atoms with Crippen molar-refractivity contribution in [1.29, 1.82) is 0 Å². The lowest BCUT2D eigenvalue weighted by atomic mass is 10.0. The molecule has 5 rings (SSSR count). The largest absolute Gasteiger partial charge is 0.333 e.